The minimum atomic E-state index is -1.55. The summed E-state index contributed by atoms with van der Waals surface area (Å²) >= 11 is 11.9. The van der Waals surface area contributed by atoms with Crippen molar-refractivity contribution in [2.45, 2.75) is 10.8 Å². The van der Waals surface area contributed by atoms with Gasteiger partial charge >= 0.3 is 5.97 Å². The molecule has 0 aliphatic heterocycles. The third-order valence-electron chi connectivity index (χ3n) is 2.35. The van der Waals surface area contributed by atoms with Crippen molar-refractivity contribution in [3.05, 3.63) is 51.7 Å². The lowest BCUT2D eigenvalue weighted by atomic mass is 10.2. The second kappa shape index (κ2) is 5.77. The molecular weight excluding hydrogens is 311 g/mol. The van der Waals surface area contributed by atoms with Crippen molar-refractivity contribution in [1.82, 2.24) is 0 Å². The molecule has 2 aromatic rings. The Morgan fingerprint density at radius 3 is 2.37 bits per heavy atom. The van der Waals surface area contributed by atoms with Gasteiger partial charge in [0.1, 0.15) is 0 Å². The van der Waals surface area contributed by atoms with Gasteiger partial charge in [0, 0.05) is 15.6 Å². The molecule has 4 nitrogen and oxygen atoms in total. The van der Waals surface area contributed by atoms with Crippen LogP contribution < -0.4 is 0 Å². The molecule has 1 unspecified atom stereocenters. The first-order valence-corrected chi connectivity index (χ1v) is 7.21. The van der Waals surface area contributed by atoms with Crippen LogP contribution in [-0.2, 0) is 16.6 Å². The van der Waals surface area contributed by atoms with E-state index >= 15 is 0 Å². The van der Waals surface area contributed by atoms with Gasteiger partial charge in [0.15, 0.2) is 5.09 Å². The van der Waals surface area contributed by atoms with Crippen molar-refractivity contribution in [1.29, 1.82) is 0 Å². The Balaban J connectivity index is 2.23. The topological polar surface area (TPSA) is 67.5 Å². The molecule has 2 rings (SSSR count). The molecule has 1 aromatic heterocycles. The molecule has 1 atom stereocenters. The minimum absolute atomic E-state index is 0.0606. The van der Waals surface area contributed by atoms with E-state index in [1.54, 1.807) is 18.2 Å². The molecule has 0 radical (unpaired) electrons. The average molecular weight is 319 g/mol. The molecule has 0 fully saturated rings. The molecule has 1 aromatic carbocycles. The minimum Gasteiger partial charge on any atom is -0.475 e. The number of carboxylic acid groups (broad SMARTS) is 1. The molecule has 7 heteroatoms. The van der Waals surface area contributed by atoms with Gasteiger partial charge in [-0.15, -0.1) is 0 Å². The number of benzene rings is 1. The first kappa shape index (κ1) is 14.1. The Morgan fingerprint density at radius 2 is 1.84 bits per heavy atom. The van der Waals surface area contributed by atoms with E-state index in [1.165, 1.54) is 12.1 Å². The van der Waals surface area contributed by atoms with Crippen LogP contribution in [0.25, 0.3) is 0 Å². The van der Waals surface area contributed by atoms with E-state index in [0.29, 0.717) is 15.6 Å². The molecule has 0 spiro atoms. The zero-order chi connectivity index (χ0) is 14.0. The number of carboxylic acids is 1. The number of aromatic carboxylic acids is 1. The van der Waals surface area contributed by atoms with Crippen LogP contribution in [0.3, 0.4) is 0 Å². The van der Waals surface area contributed by atoms with Crippen LogP contribution in [0.2, 0.25) is 10.0 Å². The molecule has 0 saturated carbocycles. The summed E-state index contributed by atoms with van der Waals surface area (Å²) < 4.78 is 17.0. The number of hydrogen-bond acceptors (Lipinski definition) is 3. The van der Waals surface area contributed by atoms with Gasteiger partial charge in [-0.1, -0.05) is 29.3 Å². The number of rotatable bonds is 4. The Bertz CT molecular complexity index is 631. The van der Waals surface area contributed by atoms with Crippen LogP contribution >= 0.6 is 23.2 Å². The lowest BCUT2D eigenvalue weighted by Crippen LogP contribution is -1.97. The largest absolute Gasteiger partial charge is 0.475 e. The molecule has 0 bridgehead atoms. The maximum absolute atomic E-state index is 12.1. The highest BCUT2D eigenvalue weighted by molar-refractivity contribution is 7.84. The van der Waals surface area contributed by atoms with Gasteiger partial charge in [0.05, 0.1) is 16.6 Å². The molecule has 0 saturated heterocycles. The third kappa shape index (κ3) is 3.18. The summed E-state index contributed by atoms with van der Waals surface area (Å²) in [5.74, 6) is -1.40. The fourth-order valence-corrected chi connectivity index (χ4v) is 3.24. The van der Waals surface area contributed by atoms with E-state index < -0.39 is 16.8 Å². The van der Waals surface area contributed by atoms with Gasteiger partial charge in [-0.25, -0.2) is 4.79 Å². The maximum Gasteiger partial charge on any atom is 0.371 e. The number of furan rings is 1. The van der Waals surface area contributed by atoms with Crippen LogP contribution in [0.4, 0.5) is 0 Å². The Kier molecular flexibility index (Phi) is 4.29. The normalized spacial score (nSPS) is 12.3. The summed E-state index contributed by atoms with van der Waals surface area (Å²) in [5, 5.41) is 9.62. The van der Waals surface area contributed by atoms with Gasteiger partial charge in [0.25, 0.3) is 0 Å². The third-order valence-corrected chi connectivity index (χ3v) is 4.28. The van der Waals surface area contributed by atoms with E-state index in [1.807, 2.05) is 0 Å². The lowest BCUT2D eigenvalue weighted by molar-refractivity contribution is 0.0656. The fourth-order valence-electron chi connectivity index (χ4n) is 1.43. The van der Waals surface area contributed by atoms with E-state index in [4.69, 9.17) is 32.7 Å². The zero-order valence-electron chi connectivity index (χ0n) is 9.43. The maximum atomic E-state index is 12.1. The van der Waals surface area contributed by atoms with Crippen LogP contribution in [0.15, 0.2) is 39.8 Å². The summed E-state index contributed by atoms with van der Waals surface area (Å²) in [5.41, 5.74) is 0.539. The zero-order valence-corrected chi connectivity index (χ0v) is 11.8. The summed E-state index contributed by atoms with van der Waals surface area (Å²) in [6, 6.07) is 7.59. The molecule has 1 heterocycles. The van der Waals surface area contributed by atoms with Gasteiger partial charge in [-0.05, 0) is 24.3 Å². The molecule has 19 heavy (non-hydrogen) atoms. The van der Waals surface area contributed by atoms with Crippen molar-refractivity contribution in [2.75, 3.05) is 0 Å². The standard InChI is InChI=1S/C12H8Cl2O4S/c13-8-2-1-3-9(14)7(8)6-19(17)11-5-4-10(18-11)12(15)16/h1-5H,6H2,(H,15,16). The van der Waals surface area contributed by atoms with Gasteiger partial charge in [-0.2, -0.15) is 0 Å². The van der Waals surface area contributed by atoms with Crippen molar-refractivity contribution in [3.8, 4) is 0 Å². The highest BCUT2D eigenvalue weighted by Gasteiger charge is 2.16. The van der Waals surface area contributed by atoms with Crippen molar-refractivity contribution in [2.24, 2.45) is 0 Å². The highest BCUT2D eigenvalue weighted by atomic mass is 35.5. The smallest absolute Gasteiger partial charge is 0.371 e. The van der Waals surface area contributed by atoms with Crippen LogP contribution in [0.1, 0.15) is 16.1 Å². The van der Waals surface area contributed by atoms with Crippen LogP contribution in [-0.4, -0.2) is 15.3 Å². The predicted molar refractivity (Wildman–Crippen MR) is 72.2 cm³/mol. The summed E-state index contributed by atoms with van der Waals surface area (Å²) in [6.45, 7) is 0. The Labute approximate surface area is 121 Å². The fraction of sp³-hybridized carbons (Fsp3) is 0.0833. The molecule has 0 amide bonds. The molecular formula is C12H8Cl2O4S. The molecule has 0 aliphatic carbocycles. The van der Waals surface area contributed by atoms with Crippen molar-refractivity contribution < 1.29 is 18.5 Å². The first-order valence-electron chi connectivity index (χ1n) is 5.13. The average Bonchev–Trinajstić information content (AvgIpc) is 2.83. The van der Waals surface area contributed by atoms with Crippen LogP contribution in [0.5, 0.6) is 0 Å². The monoisotopic (exact) mass is 318 g/mol. The highest BCUT2D eigenvalue weighted by Crippen LogP contribution is 2.27. The summed E-state index contributed by atoms with van der Waals surface area (Å²) in [7, 11) is -1.55. The van der Waals surface area contributed by atoms with Gasteiger partial charge in [0.2, 0.25) is 5.76 Å². The van der Waals surface area contributed by atoms with Crippen LogP contribution in [0, 0.1) is 0 Å². The van der Waals surface area contributed by atoms with E-state index in [9.17, 15) is 9.00 Å². The van der Waals surface area contributed by atoms with Crippen molar-refractivity contribution in [3.63, 3.8) is 0 Å². The first-order chi connectivity index (χ1) is 8.99. The molecule has 100 valence electrons. The SMILES string of the molecule is O=C(O)c1ccc(S(=O)Cc2c(Cl)cccc2Cl)o1. The van der Waals surface area contributed by atoms with E-state index in [0.717, 1.165) is 0 Å². The summed E-state index contributed by atoms with van der Waals surface area (Å²) in [6.07, 6.45) is 0. The summed E-state index contributed by atoms with van der Waals surface area (Å²) in [4.78, 5) is 10.7. The Morgan fingerprint density at radius 1 is 1.21 bits per heavy atom. The number of hydrogen-bond donors (Lipinski definition) is 1. The second-order valence-electron chi connectivity index (χ2n) is 3.61. The van der Waals surface area contributed by atoms with Gasteiger partial charge < -0.3 is 9.52 Å². The van der Waals surface area contributed by atoms with Crippen molar-refractivity contribution >= 4 is 40.0 Å². The second-order valence-corrected chi connectivity index (χ2v) is 5.81. The van der Waals surface area contributed by atoms with Gasteiger partial charge in [-0.3, -0.25) is 4.21 Å². The lowest BCUT2D eigenvalue weighted by Gasteiger charge is -2.05. The molecule has 0 aliphatic rings. The van der Waals surface area contributed by atoms with E-state index in [2.05, 4.69) is 0 Å². The van der Waals surface area contributed by atoms with E-state index in [-0.39, 0.29) is 16.6 Å². The number of halogens is 2. The molecule has 1 N–H and O–H groups in total. The number of carbonyl (C=O) groups is 1. The predicted octanol–water partition coefficient (Wildman–Crippen LogP) is 3.59. The quantitative estimate of drug-likeness (QED) is 0.935. The Hall–Kier alpha value is -1.30.